The maximum absolute atomic E-state index is 14.7. The van der Waals surface area contributed by atoms with E-state index in [4.69, 9.17) is 4.74 Å². The zero-order valence-corrected chi connectivity index (χ0v) is 15.6. The molecule has 2 aliphatic heterocycles. The lowest BCUT2D eigenvalue weighted by atomic mass is 10.00. The Morgan fingerprint density at radius 1 is 1.23 bits per heavy atom. The smallest absolute Gasteiger partial charge is 0.347 e. The number of halogens is 2. The van der Waals surface area contributed by atoms with Crippen molar-refractivity contribution >= 4 is 17.8 Å². The molecule has 0 spiro atoms. The number of amides is 3. The summed E-state index contributed by atoms with van der Waals surface area (Å²) in [4.78, 5) is 28.7. The van der Waals surface area contributed by atoms with E-state index in [1.54, 1.807) is 30.3 Å². The lowest BCUT2D eigenvalue weighted by Crippen LogP contribution is -2.59. The monoisotopic (exact) mass is 429 g/mol. The fourth-order valence-corrected chi connectivity index (χ4v) is 3.21. The van der Waals surface area contributed by atoms with Gasteiger partial charge in [0.05, 0.1) is 6.61 Å². The summed E-state index contributed by atoms with van der Waals surface area (Å²) >= 11 is 0. The molecule has 1 fully saturated rings. The number of aliphatic hydroxyl groups is 4. The zero-order chi connectivity index (χ0) is 22.1. The van der Waals surface area contributed by atoms with Crippen molar-refractivity contribution < 1.29 is 43.5 Å². The maximum Gasteiger partial charge on any atom is 0.347 e. The topological polar surface area (TPSA) is 152 Å². The van der Waals surface area contributed by atoms with Crippen molar-refractivity contribution in [1.29, 1.82) is 0 Å². The summed E-state index contributed by atoms with van der Waals surface area (Å²) in [5.41, 5.74) is 0.311. The summed E-state index contributed by atoms with van der Waals surface area (Å²) in [5, 5.41) is 41.1. The van der Waals surface area contributed by atoms with Gasteiger partial charge in [0.15, 0.2) is 6.10 Å². The molecule has 0 radical (unpaired) electrons. The number of rotatable bonds is 3. The molecule has 5 N–H and O–H groups in total. The van der Waals surface area contributed by atoms with Crippen LogP contribution in [-0.2, 0) is 4.74 Å². The Morgan fingerprint density at radius 2 is 1.90 bits per heavy atom. The second kappa shape index (κ2) is 8.70. The van der Waals surface area contributed by atoms with Gasteiger partial charge in [-0.2, -0.15) is 13.8 Å². The van der Waals surface area contributed by atoms with Gasteiger partial charge >= 0.3 is 12.0 Å². The van der Waals surface area contributed by atoms with Crippen LogP contribution >= 0.6 is 0 Å². The molecule has 1 saturated heterocycles. The van der Waals surface area contributed by atoms with E-state index in [0.717, 1.165) is 0 Å². The van der Waals surface area contributed by atoms with E-state index in [1.807, 2.05) is 0 Å². The summed E-state index contributed by atoms with van der Waals surface area (Å²) in [6.45, 7) is -1.30. The molecule has 0 aromatic heterocycles. The van der Waals surface area contributed by atoms with E-state index in [2.05, 4.69) is 10.3 Å². The van der Waals surface area contributed by atoms with Gasteiger partial charge < -0.3 is 30.5 Å². The molecule has 10 nitrogen and oxygen atoms in total. The second-order valence-electron chi connectivity index (χ2n) is 6.91. The number of carbonyl (C=O) groups excluding carboxylic acids is 2. The summed E-state index contributed by atoms with van der Waals surface area (Å²) in [6, 6.07) is 6.90. The number of hydrogen-bond donors (Lipinski definition) is 5. The van der Waals surface area contributed by atoms with Crippen molar-refractivity contribution in [2.45, 2.75) is 43.0 Å². The fraction of sp³-hybridized carbons (Fsp3) is 0.500. The summed E-state index contributed by atoms with van der Waals surface area (Å²) in [7, 11) is 0. The normalized spacial score (nSPS) is 31.7. The summed E-state index contributed by atoms with van der Waals surface area (Å²) in [5.74, 6) is -4.75. The second-order valence-corrected chi connectivity index (χ2v) is 6.91. The number of benzene rings is 1. The van der Waals surface area contributed by atoms with Gasteiger partial charge in [-0.15, -0.1) is 0 Å². The highest BCUT2D eigenvalue weighted by Gasteiger charge is 2.59. The Hall–Kier alpha value is -2.51. The molecule has 0 unspecified atom stereocenters. The maximum atomic E-state index is 14.7. The van der Waals surface area contributed by atoms with Crippen molar-refractivity contribution in [2.75, 3.05) is 13.2 Å². The highest BCUT2D eigenvalue weighted by molar-refractivity contribution is 6.09. The molecule has 0 saturated carbocycles. The minimum absolute atomic E-state index is 0.0404. The van der Waals surface area contributed by atoms with Gasteiger partial charge in [-0.1, -0.05) is 18.2 Å². The van der Waals surface area contributed by atoms with Gasteiger partial charge in [0, 0.05) is 18.5 Å². The van der Waals surface area contributed by atoms with Gasteiger partial charge in [-0.25, -0.2) is 4.79 Å². The molecule has 12 heteroatoms. The van der Waals surface area contributed by atoms with Gasteiger partial charge in [-0.05, 0) is 12.1 Å². The highest BCUT2D eigenvalue weighted by Crippen LogP contribution is 2.36. The number of nitrogens with one attached hydrogen (secondary N) is 1. The molecule has 0 aliphatic carbocycles. The number of urea groups is 1. The van der Waals surface area contributed by atoms with Crippen LogP contribution in [0.4, 0.5) is 13.6 Å². The van der Waals surface area contributed by atoms with Crippen LogP contribution in [0.5, 0.6) is 0 Å². The number of ether oxygens (including phenoxy) is 1. The number of hydrogen-bond acceptors (Lipinski definition) is 7. The van der Waals surface area contributed by atoms with Gasteiger partial charge in [-0.3, -0.25) is 9.69 Å². The van der Waals surface area contributed by atoms with Crippen LogP contribution in [0.3, 0.4) is 0 Å². The van der Waals surface area contributed by atoms with Crippen LogP contribution in [0, 0.1) is 0 Å². The highest BCUT2D eigenvalue weighted by atomic mass is 19.3. The fourth-order valence-electron chi connectivity index (χ4n) is 3.21. The van der Waals surface area contributed by atoms with Crippen LogP contribution in [-0.4, -0.2) is 92.8 Å². The van der Waals surface area contributed by atoms with Gasteiger partial charge in [0.2, 0.25) is 6.23 Å². The van der Waals surface area contributed by atoms with E-state index in [1.165, 1.54) is 0 Å². The molecule has 2 aliphatic rings. The SMILES string of the molecule is O=C(NC1=NC(=O)N([C@@H]2O[C@H](CO)[C@@H](O)[C@H](O)[C@@H](O)C2(F)F)CC1)c1ccccc1. The Morgan fingerprint density at radius 3 is 2.50 bits per heavy atom. The third-order valence-electron chi connectivity index (χ3n) is 4.90. The summed E-state index contributed by atoms with van der Waals surface area (Å²) < 4.78 is 34.4. The average molecular weight is 429 g/mol. The number of aliphatic hydroxyl groups excluding tert-OH is 4. The predicted octanol–water partition coefficient (Wildman–Crippen LogP) is -0.924. The lowest BCUT2D eigenvalue weighted by Gasteiger charge is -2.38. The van der Waals surface area contributed by atoms with Crippen LogP contribution < -0.4 is 5.32 Å². The van der Waals surface area contributed by atoms with Crippen molar-refractivity contribution in [1.82, 2.24) is 10.2 Å². The van der Waals surface area contributed by atoms with Crippen molar-refractivity contribution in [3.05, 3.63) is 35.9 Å². The lowest BCUT2D eigenvalue weighted by molar-refractivity contribution is -0.239. The zero-order valence-electron chi connectivity index (χ0n) is 15.6. The first-order valence-electron chi connectivity index (χ1n) is 9.09. The van der Waals surface area contributed by atoms with Crippen LogP contribution in [0.15, 0.2) is 35.3 Å². The first-order chi connectivity index (χ1) is 14.2. The van der Waals surface area contributed by atoms with Crippen LogP contribution in [0.25, 0.3) is 0 Å². The standard InChI is InChI=1S/C18H21F2N3O7/c19-18(20)14(27)13(26)12(25)10(8-24)30-16(18)23-7-6-11(22-17(23)29)21-15(28)9-4-2-1-3-5-9/h1-5,10,12-14,16,24-27H,6-8H2,(H,21,22,28,29)/t10-,12-,13+,14-,16-/m1/s1. The number of amidine groups is 1. The van der Waals surface area contributed by atoms with Crippen molar-refractivity contribution in [2.24, 2.45) is 4.99 Å². The van der Waals surface area contributed by atoms with E-state index >= 15 is 0 Å². The van der Waals surface area contributed by atoms with Crippen molar-refractivity contribution in [3.8, 4) is 0 Å². The minimum atomic E-state index is -4.18. The molecule has 2 heterocycles. The number of aliphatic imine (C=N–C) groups is 1. The van der Waals surface area contributed by atoms with Gasteiger partial charge in [0.25, 0.3) is 5.91 Å². The quantitative estimate of drug-likeness (QED) is 0.417. The molecule has 1 aromatic rings. The Bertz CT molecular complexity index is 823. The molecule has 3 amide bonds. The third-order valence-corrected chi connectivity index (χ3v) is 4.90. The minimum Gasteiger partial charge on any atom is -0.394 e. The molecule has 3 rings (SSSR count). The van der Waals surface area contributed by atoms with Crippen LogP contribution in [0.1, 0.15) is 16.8 Å². The Labute approximate surface area is 169 Å². The third kappa shape index (κ3) is 4.18. The molecule has 1 aromatic carbocycles. The number of nitrogens with zero attached hydrogens (tertiary/aromatic N) is 2. The molecule has 0 bridgehead atoms. The molecular formula is C18H21F2N3O7. The largest absolute Gasteiger partial charge is 0.394 e. The Kier molecular flexibility index (Phi) is 6.43. The summed E-state index contributed by atoms with van der Waals surface area (Å²) in [6.07, 6.45) is -11.3. The average Bonchev–Trinajstić information content (AvgIpc) is 2.79. The predicted molar refractivity (Wildman–Crippen MR) is 96.8 cm³/mol. The number of alkyl halides is 2. The Balaban J connectivity index is 1.79. The van der Waals surface area contributed by atoms with Gasteiger partial charge in [0.1, 0.15) is 24.1 Å². The molecule has 164 valence electrons. The molecule has 5 atom stereocenters. The molecule has 30 heavy (non-hydrogen) atoms. The van der Waals surface area contributed by atoms with E-state index < -0.39 is 55.1 Å². The molecular weight excluding hydrogens is 408 g/mol. The van der Waals surface area contributed by atoms with Crippen molar-refractivity contribution in [3.63, 3.8) is 0 Å². The first kappa shape index (κ1) is 22.2. The first-order valence-corrected chi connectivity index (χ1v) is 9.09. The number of carbonyl (C=O) groups is 2. The van der Waals surface area contributed by atoms with E-state index in [9.17, 15) is 38.8 Å². The van der Waals surface area contributed by atoms with E-state index in [0.29, 0.717) is 10.5 Å². The van der Waals surface area contributed by atoms with E-state index in [-0.39, 0.29) is 18.8 Å². The van der Waals surface area contributed by atoms with Crippen LogP contribution in [0.2, 0.25) is 0 Å².